The van der Waals surface area contributed by atoms with Crippen molar-refractivity contribution in [3.63, 3.8) is 0 Å². The van der Waals surface area contributed by atoms with Gasteiger partial charge >= 0.3 is 0 Å². The Morgan fingerprint density at radius 3 is 1.83 bits per heavy atom. The van der Waals surface area contributed by atoms with Crippen LogP contribution in [0.3, 0.4) is 0 Å². The average molecular weight is 210 g/mol. The smallest absolute Gasteiger partial charge is 0.153 e. The van der Waals surface area contributed by atoms with Gasteiger partial charge in [-0.05, 0) is 6.42 Å². The van der Waals surface area contributed by atoms with E-state index in [1.54, 1.807) is 0 Å². The van der Waals surface area contributed by atoms with E-state index in [0.717, 1.165) is 0 Å². The molecule has 0 radical (unpaired) electrons. The second-order valence-electron chi connectivity index (χ2n) is 3.53. The van der Waals surface area contributed by atoms with Crippen LogP contribution in [0.5, 0.6) is 0 Å². The maximum absolute atomic E-state index is 11.1. The molecule has 0 aromatic carbocycles. The lowest BCUT2D eigenvalue weighted by Crippen LogP contribution is -2.52. The van der Waals surface area contributed by atoms with Crippen LogP contribution in [0.15, 0.2) is 0 Å². The lowest BCUT2D eigenvalue weighted by atomic mass is 10.1. The summed E-state index contributed by atoms with van der Waals surface area (Å²) in [7, 11) is -5.76. The highest BCUT2D eigenvalue weighted by molar-refractivity contribution is 7.94. The first-order valence-corrected chi connectivity index (χ1v) is 7.36. The Balaban J connectivity index is 2.07. The first kappa shape index (κ1) is 8.50. The molecule has 2 aliphatic heterocycles. The number of rotatable bonds is 1. The second kappa shape index (κ2) is 2.23. The van der Waals surface area contributed by atoms with Crippen LogP contribution >= 0.6 is 0 Å². The van der Waals surface area contributed by atoms with Crippen LogP contribution in [0.25, 0.3) is 0 Å². The zero-order chi connectivity index (χ0) is 8.98. The molecule has 70 valence electrons. The molecule has 12 heavy (non-hydrogen) atoms. The summed E-state index contributed by atoms with van der Waals surface area (Å²) >= 11 is 0. The number of sulfone groups is 2. The predicted molar refractivity (Wildman–Crippen MR) is 44.3 cm³/mol. The van der Waals surface area contributed by atoms with E-state index in [-0.39, 0.29) is 28.4 Å². The van der Waals surface area contributed by atoms with E-state index in [1.165, 1.54) is 0 Å². The largest absolute Gasteiger partial charge is 0.229 e. The Hall–Kier alpha value is -0.100. The number of hydrogen-bond acceptors (Lipinski definition) is 4. The van der Waals surface area contributed by atoms with Crippen LogP contribution in [0.2, 0.25) is 0 Å². The maximum Gasteiger partial charge on any atom is 0.153 e. The fourth-order valence-corrected chi connectivity index (χ4v) is 5.38. The molecule has 4 nitrogen and oxygen atoms in total. The van der Waals surface area contributed by atoms with Gasteiger partial charge in [-0.1, -0.05) is 0 Å². The highest BCUT2D eigenvalue weighted by Gasteiger charge is 2.48. The van der Waals surface area contributed by atoms with Crippen molar-refractivity contribution in [2.45, 2.75) is 11.7 Å². The van der Waals surface area contributed by atoms with Crippen molar-refractivity contribution in [2.75, 3.05) is 17.3 Å². The Bertz CT molecular complexity index is 379. The standard InChI is InChI=1S/C6H10O4S2/c7-11(8)3-5(4-11)6-1-2-12(6,9)10/h5-6H,1-4H2/t6-/m0/s1. The second-order valence-corrected chi connectivity index (χ2v) is 8.02. The van der Waals surface area contributed by atoms with E-state index in [9.17, 15) is 16.8 Å². The molecule has 2 fully saturated rings. The van der Waals surface area contributed by atoms with E-state index in [1.807, 2.05) is 0 Å². The van der Waals surface area contributed by atoms with Crippen molar-refractivity contribution in [3.8, 4) is 0 Å². The summed E-state index contributed by atoms with van der Waals surface area (Å²) in [5.74, 6) is 0.302. The molecule has 2 heterocycles. The van der Waals surface area contributed by atoms with E-state index in [2.05, 4.69) is 0 Å². The van der Waals surface area contributed by atoms with Gasteiger partial charge in [0, 0.05) is 5.92 Å². The van der Waals surface area contributed by atoms with Gasteiger partial charge in [-0.15, -0.1) is 0 Å². The first-order chi connectivity index (χ1) is 5.41. The van der Waals surface area contributed by atoms with Crippen molar-refractivity contribution in [3.05, 3.63) is 0 Å². The molecule has 2 saturated heterocycles. The molecule has 0 aromatic heterocycles. The topological polar surface area (TPSA) is 68.3 Å². The fraction of sp³-hybridized carbons (Fsp3) is 1.00. The maximum atomic E-state index is 11.1. The molecule has 0 N–H and O–H groups in total. The Labute approximate surface area is 71.8 Å². The van der Waals surface area contributed by atoms with Gasteiger partial charge in [0.2, 0.25) is 0 Å². The van der Waals surface area contributed by atoms with Crippen molar-refractivity contribution in [2.24, 2.45) is 5.92 Å². The third-order valence-corrected chi connectivity index (χ3v) is 6.83. The molecule has 0 spiro atoms. The lowest BCUT2D eigenvalue weighted by molar-refractivity contribution is 0.455. The average Bonchev–Trinajstić information content (AvgIpc) is 1.81. The molecule has 0 saturated carbocycles. The summed E-state index contributed by atoms with van der Waals surface area (Å²) in [6.07, 6.45) is 0.655. The van der Waals surface area contributed by atoms with E-state index >= 15 is 0 Å². The zero-order valence-electron chi connectivity index (χ0n) is 6.43. The van der Waals surface area contributed by atoms with Gasteiger partial charge in [0.1, 0.15) is 0 Å². The quantitative estimate of drug-likeness (QED) is 0.569. The van der Waals surface area contributed by atoms with Crippen molar-refractivity contribution in [1.82, 2.24) is 0 Å². The fourth-order valence-electron chi connectivity index (χ4n) is 1.79. The summed E-state index contributed by atoms with van der Waals surface area (Å²) in [6.45, 7) is 0. The van der Waals surface area contributed by atoms with Crippen LogP contribution in [0, 0.1) is 5.92 Å². The van der Waals surface area contributed by atoms with Crippen LogP contribution in [-0.4, -0.2) is 39.3 Å². The Kier molecular flexibility index (Phi) is 1.58. The summed E-state index contributed by atoms with van der Waals surface area (Å²) in [5, 5.41) is -0.346. The SMILES string of the molecule is O=S1(=O)CC([C@@H]2CCS2(=O)=O)C1. The molecule has 6 heteroatoms. The summed E-state index contributed by atoms with van der Waals surface area (Å²) in [5.41, 5.74) is 0. The van der Waals surface area contributed by atoms with Gasteiger partial charge < -0.3 is 0 Å². The summed E-state index contributed by atoms with van der Waals surface area (Å²) in [4.78, 5) is 0. The molecule has 2 rings (SSSR count). The van der Waals surface area contributed by atoms with Crippen LogP contribution in [-0.2, 0) is 19.7 Å². The molecule has 2 aliphatic rings. The summed E-state index contributed by atoms with van der Waals surface area (Å²) < 4.78 is 43.7. The third-order valence-electron chi connectivity index (χ3n) is 2.61. The Morgan fingerprint density at radius 1 is 1.00 bits per heavy atom. The van der Waals surface area contributed by atoms with Crippen molar-refractivity contribution < 1.29 is 16.8 Å². The molecule has 0 aromatic rings. The summed E-state index contributed by atoms with van der Waals surface area (Å²) in [6, 6.07) is 0. The van der Waals surface area contributed by atoms with Gasteiger partial charge in [-0.25, -0.2) is 16.8 Å². The third kappa shape index (κ3) is 1.17. The molecule has 0 bridgehead atoms. The molecule has 1 atom stereocenters. The Morgan fingerprint density at radius 2 is 1.58 bits per heavy atom. The first-order valence-electron chi connectivity index (χ1n) is 3.83. The minimum atomic E-state index is -2.90. The van der Waals surface area contributed by atoms with Gasteiger partial charge in [-0.2, -0.15) is 0 Å². The monoisotopic (exact) mass is 210 g/mol. The van der Waals surface area contributed by atoms with E-state index < -0.39 is 19.7 Å². The van der Waals surface area contributed by atoms with Crippen LogP contribution in [0.1, 0.15) is 6.42 Å². The van der Waals surface area contributed by atoms with Crippen molar-refractivity contribution >= 4 is 19.7 Å². The van der Waals surface area contributed by atoms with Gasteiger partial charge in [-0.3, -0.25) is 0 Å². The minimum absolute atomic E-state index is 0.0803. The molecule has 0 amide bonds. The van der Waals surface area contributed by atoms with Crippen LogP contribution < -0.4 is 0 Å². The number of hydrogen-bond donors (Lipinski definition) is 0. The molecular formula is C6H10O4S2. The minimum Gasteiger partial charge on any atom is -0.229 e. The van der Waals surface area contributed by atoms with Crippen molar-refractivity contribution in [1.29, 1.82) is 0 Å². The zero-order valence-corrected chi connectivity index (χ0v) is 8.07. The predicted octanol–water partition coefficient (Wildman–Crippen LogP) is -0.782. The highest BCUT2D eigenvalue weighted by atomic mass is 32.2. The lowest BCUT2D eigenvalue weighted by Gasteiger charge is -2.37. The van der Waals surface area contributed by atoms with Gasteiger partial charge in [0.25, 0.3) is 0 Å². The molecule has 0 unspecified atom stereocenters. The normalized spacial score (nSPS) is 38.2. The highest BCUT2D eigenvalue weighted by Crippen LogP contribution is 2.34. The van der Waals surface area contributed by atoms with Gasteiger partial charge in [0.05, 0.1) is 22.5 Å². The molecule has 0 aliphatic carbocycles. The van der Waals surface area contributed by atoms with E-state index in [4.69, 9.17) is 0 Å². The van der Waals surface area contributed by atoms with E-state index in [0.29, 0.717) is 6.42 Å². The van der Waals surface area contributed by atoms with Gasteiger partial charge in [0.15, 0.2) is 19.7 Å². The molecular weight excluding hydrogens is 200 g/mol. The van der Waals surface area contributed by atoms with Crippen LogP contribution in [0.4, 0.5) is 0 Å².